The lowest BCUT2D eigenvalue weighted by Gasteiger charge is -2.13. The number of carbonyl (C=O) groups excluding carboxylic acids is 1. The number of benzene rings is 3. The standard InChI is InChI=1S/C25H28O6S/c1-3-18(2)19-11-13-20(14-12-19)30-17-7-6-10-25(26)31-23-15-16-24(32(27,28)29)22-9-5-4-8-21(22)23/h4-5,8-9,11-16,18H,3,6-7,10,17H2,1-2H3,(H,27,28,29)/p-1. The van der Waals surface area contributed by atoms with E-state index in [-0.39, 0.29) is 22.5 Å². The predicted octanol–water partition coefficient (Wildman–Crippen LogP) is 5.41. The largest absolute Gasteiger partial charge is 0.744 e. The SMILES string of the molecule is CCC(C)c1ccc(OCCCCC(=O)Oc2ccc(S(=O)(=O)[O-])c3ccccc23)cc1. The van der Waals surface area contributed by atoms with E-state index in [1.165, 1.54) is 23.8 Å². The first-order valence-electron chi connectivity index (χ1n) is 10.7. The Hall–Kier alpha value is -2.90. The van der Waals surface area contributed by atoms with Gasteiger partial charge in [-0.15, -0.1) is 0 Å². The highest BCUT2D eigenvalue weighted by atomic mass is 32.2. The summed E-state index contributed by atoms with van der Waals surface area (Å²) in [6, 6.07) is 17.1. The Morgan fingerprint density at radius 1 is 0.969 bits per heavy atom. The highest BCUT2D eigenvalue weighted by Crippen LogP contribution is 2.31. The van der Waals surface area contributed by atoms with Gasteiger partial charge in [-0.3, -0.25) is 4.79 Å². The van der Waals surface area contributed by atoms with Crippen molar-refractivity contribution < 1.29 is 27.2 Å². The maximum absolute atomic E-state index is 12.3. The molecule has 0 spiro atoms. The summed E-state index contributed by atoms with van der Waals surface area (Å²) in [5.74, 6) is 1.13. The van der Waals surface area contributed by atoms with Crippen LogP contribution in [0.5, 0.6) is 11.5 Å². The summed E-state index contributed by atoms with van der Waals surface area (Å²) in [4.78, 5) is 11.9. The number of ether oxygens (including phenoxy) is 2. The molecule has 3 aromatic rings. The van der Waals surface area contributed by atoms with Gasteiger partial charge in [0.15, 0.2) is 0 Å². The van der Waals surface area contributed by atoms with Gasteiger partial charge in [-0.05, 0) is 55.0 Å². The first-order chi connectivity index (χ1) is 15.3. The summed E-state index contributed by atoms with van der Waals surface area (Å²) in [7, 11) is -4.63. The number of hydrogen-bond donors (Lipinski definition) is 0. The van der Waals surface area contributed by atoms with Gasteiger partial charge in [-0.1, -0.05) is 50.2 Å². The molecule has 0 heterocycles. The van der Waals surface area contributed by atoms with Crippen molar-refractivity contribution in [3.63, 3.8) is 0 Å². The molecule has 0 N–H and O–H groups in total. The molecule has 1 unspecified atom stereocenters. The van der Waals surface area contributed by atoms with Crippen molar-refractivity contribution in [3.8, 4) is 11.5 Å². The van der Waals surface area contributed by atoms with Crippen LogP contribution >= 0.6 is 0 Å². The Bertz CT molecular complexity index is 1170. The van der Waals surface area contributed by atoms with Crippen LogP contribution in [-0.2, 0) is 14.9 Å². The summed E-state index contributed by atoms with van der Waals surface area (Å²) in [5, 5.41) is 0.641. The summed E-state index contributed by atoms with van der Waals surface area (Å²) in [6.07, 6.45) is 2.57. The number of rotatable bonds is 10. The number of carbonyl (C=O) groups is 1. The quantitative estimate of drug-likeness (QED) is 0.176. The molecule has 0 aromatic heterocycles. The zero-order valence-electron chi connectivity index (χ0n) is 18.2. The van der Waals surface area contributed by atoms with Crippen molar-refractivity contribution in [3.05, 3.63) is 66.2 Å². The Kier molecular flexibility index (Phi) is 7.88. The Labute approximate surface area is 188 Å². The molecule has 0 saturated heterocycles. The fraction of sp³-hybridized carbons (Fsp3) is 0.320. The lowest BCUT2D eigenvalue weighted by atomic mass is 9.99. The van der Waals surface area contributed by atoms with Crippen molar-refractivity contribution in [1.82, 2.24) is 0 Å². The molecule has 0 radical (unpaired) electrons. The summed E-state index contributed by atoms with van der Waals surface area (Å²) in [5.41, 5.74) is 1.29. The Balaban J connectivity index is 1.50. The minimum Gasteiger partial charge on any atom is -0.744 e. The van der Waals surface area contributed by atoms with E-state index in [0.717, 1.165) is 12.2 Å². The molecule has 3 rings (SSSR count). The van der Waals surface area contributed by atoms with Crippen molar-refractivity contribution >= 4 is 26.9 Å². The van der Waals surface area contributed by atoms with Crippen molar-refractivity contribution in [2.24, 2.45) is 0 Å². The second-order valence-corrected chi connectivity index (χ2v) is 9.07. The van der Waals surface area contributed by atoms with Gasteiger partial charge in [-0.25, -0.2) is 8.42 Å². The van der Waals surface area contributed by atoms with E-state index >= 15 is 0 Å². The Morgan fingerprint density at radius 3 is 2.31 bits per heavy atom. The van der Waals surface area contributed by atoms with E-state index < -0.39 is 16.1 Å². The fourth-order valence-electron chi connectivity index (χ4n) is 3.41. The minimum absolute atomic E-state index is 0.201. The predicted molar refractivity (Wildman–Crippen MR) is 122 cm³/mol. The Morgan fingerprint density at radius 2 is 1.66 bits per heavy atom. The van der Waals surface area contributed by atoms with Crippen LogP contribution in [0.25, 0.3) is 10.8 Å². The number of esters is 1. The van der Waals surface area contributed by atoms with Gasteiger partial charge in [-0.2, -0.15) is 0 Å². The van der Waals surface area contributed by atoms with Crippen LogP contribution in [-0.4, -0.2) is 25.5 Å². The van der Waals surface area contributed by atoms with Crippen molar-refractivity contribution in [1.29, 1.82) is 0 Å². The first kappa shape index (κ1) is 23.8. The van der Waals surface area contributed by atoms with Gasteiger partial charge >= 0.3 is 5.97 Å². The molecule has 0 bridgehead atoms. The van der Waals surface area contributed by atoms with E-state index in [1.54, 1.807) is 18.2 Å². The third-order valence-electron chi connectivity index (χ3n) is 5.44. The summed E-state index contributed by atoms with van der Waals surface area (Å²) < 4.78 is 45.6. The molecule has 0 amide bonds. The molecular weight excluding hydrogens is 428 g/mol. The van der Waals surface area contributed by atoms with Crippen LogP contribution in [0, 0.1) is 0 Å². The van der Waals surface area contributed by atoms with E-state index in [0.29, 0.717) is 30.8 Å². The summed E-state index contributed by atoms with van der Waals surface area (Å²) >= 11 is 0. The van der Waals surface area contributed by atoms with Gasteiger partial charge in [0.1, 0.15) is 21.6 Å². The second kappa shape index (κ2) is 10.6. The van der Waals surface area contributed by atoms with Crippen molar-refractivity contribution in [2.45, 2.75) is 50.3 Å². The molecule has 0 aliphatic carbocycles. The molecule has 7 heteroatoms. The van der Waals surface area contributed by atoms with E-state index in [9.17, 15) is 17.8 Å². The van der Waals surface area contributed by atoms with E-state index in [4.69, 9.17) is 9.47 Å². The lowest BCUT2D eigenvalue weighted by Crippen LogP contribution is -2.09. The van der Waals surface area contributed by atoms with Crippen LogP contribution in [0.1, 0.15) is 51.0 Å². The highest BCUT2D eigenvalue weighted by Gasteiger charge is 2.13. The monoisotopic (exact) mass is 455 g/mol. The molecule has 0 saturated carbocycles. The maximum Gasteiger partial charge on any atom is 0.311 e. The van der Waals surface area contributed by atoms with Gasteiger partial charge in [0.2, 0.25) is 0 Å². The van der Waals surface area contributed by atoms with Gasteiger partial charge < -0.3 is 14.0 Å². The third-order valence-corrected chi connectivity index (χ3v) is 6.34. The van der Waals surface area contributed by atoms with E-state index in [2.05, 4.69) is 26.0 Å². The molecule has 32 heavy (non-hydrogen) atoms. The van der Waals surface area contributed by atoms with Gasteiger partial charge in [0.25, 0.3) is 0 Å². The van der Waals surface area contributed by atoms with Crippen LogP contribution in [0.2, 0.25) is 0 Å². The minimum atomic E-state index is -4.63. The first-order valence-corrected chi connectivity index (χ1v) is 12.1. The number of hydrogen-bond acceptors (Lipinski definition) is 6. The second-order valence-electron chi connectivity index (χ2n) is 7.72. The zero-order chi connectivity index (χ0) is 23.1. The highest BCUT2D eigenvalue weighted by molar-refractivity contribution is 7.86. The normalized spacial score (nSPS) is 12.5. The van der Waals surface area contributed by atoms with Gasteiger partial charge in [0.05, 0.1) is 11.5 Å². The van der Waals surface area contributed by atoms with Gasteiger partial charge in [0, 0.05) is 17.2 Å². The van der Waals surface area contributed by atoms with Crippen LogP contribution in [0.15, 0.2) is 65.6 Å². The lowest BCUT2D eigenvalue weighted by molar-refractivity contribution is -0.134. The van der Waals surface area contributed by atoms with Crippen LogP contribution in [0.4, 0.5) is 0 Å². The molecule has 1 atom stereocenters. The van der Waals surface area contributed by atoms with Crippen LogP contribution < -0.4 is 9.47 Å². The maximum atomic E-state index is 12.3. The molecule has 0 aliphatic rings. The average Bonchev–Trinajstić information content (AvgIpc) is 2.78. The molecule has 170 valence electrons. The third kappa shape index (κ3) is 6.08. The molecule has 0 fully saturated rings. The van der Waals surface area contributed by atoms with Crippen LogP contribution in [0.3, 0.4) is 0 Å². The smallest absolute Gasteiger partial charge is 0.311 e. The summed E-state index contributed by atoms with van der Waals surface area (Å²) in [6.45, 7) is 4.85. The average molecular weight is 456 g/mol. The van der Waals surface area contributed by atoms with Crippen molar-refractivity contribution in [2.75, 3.05) is 6.61 Å². The fourth-order valence-corrected chi connectivity index (χ4v) is 4.10. The molecule has 3 aromatic carbocycles. The molecule has 0 aliphatic heterocycles. The molecule has 6 nitrogen and oxygen atoms in total. The molecular formula is C25H27O6S-. The zero-order valence-corrected chi connectivity index (χ0v) is 19.1. The number of unbranched alkanes of at least 4 members (excludes halogenated alkanes) is 1. The van der Waals surface area contributed by atoms with E-state index in [1.807, 2.05) is 12.1 Å². The number of fused-ring (bicyclic) bond motifs is 1. The topological polar surface area (TPSA) is 92.7 Å².